The van der Waals surface area contributed by atoms with E-state index in [0.29, 0.717) is 5.56 Å². The maximum absolute atomic E-state index is 12.6. The summed E-state index contributed by atoms with van der Waals surface area (Å²) in [7, 11) is -3.87. The van der Waals surface area contributed by atoms with Gasteiger partial charge in [-0.25, -0.2) is 8.42 Å². The van der Waals surface area contributed by atoms with E-state index < -0.39 is 9.84 Å². The van der Waals surface area contributed by atoms with E-state index in [1.54, 1.807) is 32.9 Å². The minimum Gasteiger partial charge on any atom is -0.507 e. The lowest BCUT2D eigenvalue weighted by atomic mass is 10.1. The molecule has 2 N–H and O–H groups in total. The highest BCUT2D eigenvalue weighted by Gasteiger charge is 2.25. The first-order valence-corrected chi connectivity index (χ1v) is 7.57. The van der Waals surface area contributed by atoms with Crippen LogP contribution in [0, 0.1) is 20.8 Å². The SMILES string of the molecule is Cc1ccc(O)c(S(=O)(=O)c2ccc(C)c(O)c2C)c1. The van der Waals surface area contributed by atoms with Crippen LogP contribution in [0.3, 0.4) is 0 Å². The number of hydrogen-bond donors (Lipinski definition) is 2. The summed E-state index contributed by atoms with van der Waals surface area (Å²) >= 11 is 0. The van der Waals surface area contributed by atoms with Gasteiger partial charge >= 0.3 is 0 Å². The van der Waals surface area contributed by atoms with Gasteiger partial charge in [0, 0.05) is 5.56 Å². The van der Waals surface area contributed by atoms with Crippen molar-refractivity contribution >= 4 is 9.84 Å². The van der Waals surface area contributed by atoms with Crippen molar-refractivity contribution in [3.63, 3.8) is 0 Å². The molecule has 0 unspecified atom stereocenters. The van der Waals surface area contributed by atoms with Gasteiger partial charge in [-0.1, -0.05) is 12.1 Å². The Balaban J connectivity index is 2.74. The van der Waals surface area contributed by atoms with Crippen molar-refractivity contribution in [2.45, 2.75) is 30.6 Å². The molecule has 5 heteroatoms. The number of phenols is 2. The first-order valence-electron chi connectivity index (χ1n) is 6.09. The molecular formula is C15H16O4S. The molecule has 0 atom stereocenters. The minimum absolute atomic E-state index is 0.00139. The Kier molecular flexibility index (Phi) is 3.48. The molecule has 20 heavy (non-hydrogen) atoms. The molecule has 2 rings (SSSR count). The van der Waals surface area contributed by atoms with Crippen LogP contribution in [0.4, 0.5) is 0 Å². The predicted octanol–water partition coefficient (Wildman–Crippen LogP) is 2.86. The zero-order valence-electron chi connectivity index (χ0n) is 11.5. The van der Waals surface area contributed by atoms with Crippen molar-refractivity contribution in [3.05, 3.63) is 47.0 Å². The monoisotopic (exact) mass is 292 g/mol. The zero-order chi connectivity index (χ0) is 15.1. The van der Waals surface area contributed by atoms with Crippen LogP contribution in [0.1, 0.15) is 16.7 Å². The molecule has 106 valence electrons. The number of rotatable bonds is 2. The highest BCUT2D eigenvalue weighted by Crippen LogP contribution is 2.34. The molecule has 0 amide bonds. The van der Waals surface area contributed by atoms with Crippen molar-refractivity contribution < 1.29 is 18.6 Å². The van der Waals surface area contributed by atoms with Gasteiger partial charge in [-0.05, 0) is 50.1 Å². The maximum atomic E-state index is 12.6. The highest BCUT2D eigenvalue weighted by atomic mass is 32.2. The van der Waals surface area contributed by atoms with E-state index >= 15 is 0 Å². The minimum atomic E-state index is -3.87. The van der Waals surface area contributed by atoms with Gasteiger partial charge in [0.2, 0.25) is 9.84 Å². The lowest BCUT2D eigenvalue weighted by molar-refractivity contribution is 0.457. The molecule has 0 heterocycles. The molecule has 2 aromatic rings. The fourth-order valence-corrected chi connectivity index (χ4v) is 3.73. The third-order valence-electron chi connectivity index (χ3n) is 3.28. The van der Waals surface area contributed by atoms with E-state index in [4.69, 9.17) is 0 Å². The molecule has 0 aliphatic rings. The van der Waals surface area contributed by atoms with Gasteiger partial charge in [0.25, 0.3) is 0 Å². The molecule has 0 bridgehead atoms. The normalized spacial score (nSPS) is 11.6. The van der Waals surface area contributed by atoms with E-state index in [0.717, 1.165) is 5.56 Å². The number of benzene rings is 2. The van der Waals surface area contributed by atoms with E-state index in [1.807, 2.05) is 0 Å². The lowest BCUT2D eigenvalue weighted by Gasteiger charge is -2.12. The quantitative estimate of drug-likeness (QED) is 0.892. The van der Waals surface area contributed by atoms with Crippen LogP contribution in [0.2, 0.25) is 0 Å². The third kappa shape index (κ3) is 2.25. The Labute approximate surface area is 118 Å². The van der Waals surface area contributed by atoms with Gasteiger partial charge in [-0.2, -0.15) is 0 Å². The molecule has 0 aromatic heterocycles. The number of aromatic hydroxyl groups is 2. The third-order valence-corrected chi connectivity index (χ3v) is 5.20. The first-order chi connectivity index (χ1) is 9.25. The summed E-state index contributed by atoms with van der Waals surface area (Å²) in [5.41, 5.74) is 1.62. The van der Waals surface area contributed by atoms with Crippen LogP contribution >= 0.6 is 0 Å². The molecule has 4 nitrogen and oxygen atoms in total. The van der Waals surface area contributed by atoms with Crippen molar-refractivity contribution in [1.29, 1.82) is 0 Å². The summed E-state index contributed by atoms with van der Waals surface area (Å²) in [5, 5.41) is 19.7. The van der Waals surface area contributed by atoms with Gasteiger partial charge in [-0.3, -0.25) is 0 Å². The second-order valence-electron chi connectivity index (χ2n) is 4.83. The average molecular weight is 292 g/mol. The van der Waals surface area contributed by atoms with Crippen LogP contribution < -0.4 is 0 Å². The summed E-state index contributed by atoms with van der Waals surface area (Å²) in [6.45, 7) is 4.99. The number of phenolic OH excluding ortho intramolecular Hbond substituents is 2. The first kappa shape index (κ1) is 14.4. The second-order valence-corrected chi connectivity index (χ2v) is 6.72. The predicted molar refractivity (Wildman–Crippen MR) is 75.9 cm³/mol. The smallest absolute Gasteiger partial charge is 0.210 e. The Morgan fingerprint density at radius 2 is 1.55 bits per heavy atom. The Morgan fingerprint density at radius 1 is 0.900 bits per heavy atom. The van der Waals surface area contributed by atoms with Crippen molar-refractivity contribution in [1.82, 2.24) is 0 Å². The summed E-state index contributed by atoms with van der Waals surface area (Å²) < 4.78 is 25.2. The van der Waals surface area contributed by atoms with E-state index in [1.165, 1.54) is 18.2 Å². The van der Waals surface area contributed by atoms with Crippen LogP contribution in [-0.2, 0) is 9.84 Å². The topological polar surface area (TPSA) is 74.6 Å². The van der Waals surface area contributed by atoms with Crippen LogP contribution in [0.5, 0.6) is 11.5 Å². The Morgan fingerprint density at radius 3 is 2.20 bits per heavy atom. The standard InChI is InChI=1S/C15H16O4S/c1-9-4-6-12(16)14(8-9)20(18,19)13-7-5-10(2)15(17)11(13)3/h4-8,16-17H,1-3H3. The van der Waals surface area contributed by atoms with Crippen molar-refractivity contribution in [2.24, 2.45) is 0 Å². The molecule has 0 radical (unpaired) electrons. The average Bonchev–Trinajstić information content (AvgIpc) is 2.38. The van der Waals surface area contributed by atoms with Crippen LogP contribution in [0.25, 0.3) is 0 Å². The molecular weight excluding hydrogens is 276 g/mol. The molecule has 0 saturated carbocycles. The highest BCUT2D eigenvalue weighted by molar-refractivity contribution is 7.91. The Bertz CT molecular complexity index is 777. The molecule has 0 fully saturated rings. The maximum Gasteiger partial charge on any atom is 0.210 e. The van der Waals surface area contributed by atoms with Crippen LogP contribution in [-0.4, -0.2) is 18.6 Å². The summed E-state index contributed by atoms with van der Waals surface area (Å²) in [4.78, 5) is -0.148. The zero-order valence-corrected chi connectivity index (χ0v) is 12.3. The van der Waals surface area contributed by atoms with Gasteiger partial charge < -0.3 is 10.2 Å². The Hall–Kier alpha value is -2.01. The van der Waals surface area contributed by atoms with E-state index in [-0.39, 0.29) is 26.9 Å². The fourth-order valence-electron chi connectivity index (χ4n) is 2.06. The summed E-state index contributed by atoms with van der Waals surface area (Å²) in [6.07, 6.45) is 0. The van der Waals surface area contributed by atoms with Crippen molar-refractivity contribution in [3.8, 4) is 11.5 Å². The lowest BCUT2D eigenvalue weighted by Crippen LogP contribution is -2.05. The largest absolute Gasteiger partial charge is 0.507 e. The fraction of sp³-hybridized carbons (Fsp3) is 0.200. The van der Waals surface area contributed by atoms with E-state index in [9.17, 15) is 18.6 Å². The van der Waals surface area contributed by atoms with Gasteiger partial charge in [-0.15, -0.1) is 0 Å². The van der Waals surface area contributed by atoms with Gasteiger partial charge in [0.15, 0.2) is 0 Å². The molecule has 0 aliphatic heterocycles. The summed E-state index contributed by atoms with van der Waals surface area (Å²) in [6, 6.07) is 7.39. The number of sulfone groups is 1. The summed E-state index contributed by atoms with van der Waals surface area (Å²) in [5.74, 6) is -0.340. The molecule has 2 aromatic carbocycles. The van der Waals surface area contributed by atoms with E-state index in [2.05, 4.69) is 0 Å². The van der Waals surface area contributed by atoms with Crippen molar-refractivity contribution in [2.75, 3.05) is 0 Å². The molecule has 0 saturated heterocycles. The van der Waals surface area contributed by atoms with Gasteiger partial charge in [0.05, 0.1) is 4.90 Å². The molecule has 0 spiro atoms. The second kappa shape index (κ2) is 4.83. The molecule has 0 aliphatic carbocycles. The number of aryl methyl sites for hydroxylation is 2. The van der Waals surface area contributed by atoms with Gasteiger partial charge in [0.1, 0.15) is 16.4 Å². The number of hydrogen-bond acceptors (Lipinski definition) is 4. The van der Waals surface area contributed by atoms with Crippen LogP contribution in [0.15, 0.2) is 40.1 Å².